The van der Waals surface area contributed by atoms with E-state index in [0.717, 1.165) is 16.7 Å². The van der Waals surface area contributed by atoms with Crippen LogP contribution in [0.4, 0.5) is 0 Å². The van der Waals surface area contributed by atoms with Crippen molar-refractivity contribution in [2.75, 3.05) is 0 Å². The number of para-hydroxylation sites is 2. The molecule has 3 heteroatoms. The number of benzene rings is 1. The van der Waals surface area contributed by atoms with E-state index >= 15 is 0 Å². The molecule has 0 fully saturated rings. The molecule has 0 radical (unpaired) electrons. The maximum atomic E-state index is 6.26. The molecule has 0 aliphatic heterocycles. The van der Waals surface area contributed by atoms with Crippen molar-refractivity contribution in [1.82, 2.24) is 9.97 Å². The van der Waals surface area contributed by atoms with Crippen LogP contribution < -0.4 is 0 Å². The zero-order chi connectivity index (χ0) is 12.4. The van der Waals surface area contributed by atoms with Gasteiger partial charge in [-0.25, -0.2) is 4.98 Å². The van der Waals surface area contributed by atoms with Crippen molar-refractivity contribution >= 4 is 22.6 Å². The number of alkyl halides is 1. The number of aromatic nitrogens is 2. The fourth-order valence-corrected chi connectivity index (χ4v) is 2.66. The van der Waals surface area contributed by atoms with Gasteiger partial charge in [-0.3, -0.25) is 4.98 Å². The van der Waals surface area contributed by atoms with E-state index in [4.69, 9.17) is 11.6 Å². The Morgan fingerprint density at radius 2 is 1.71 bits per heavy atom. The molecular weight excluding hydrogens is 232 g/mol. The average Bonchev–Trinajstić information content (AvgIpc) is 2.28. The molecule has 0 saturated heterocycles. The van der Waals surface area contributed by atoms with Crippen molar-refractivity contribution in [2.24, 2.45) is 5.92 Å². The first-order valence-electron chi connectivity index (χ1n) is 5.95. The molecule has 0 spiro atoms. The standard InChI is InChI=1S/C14H17ClN2/c1-9(2)14(10(3)15)13-8-16-11-6-4-5-7-12(11)17-13/h4-10,14H,1-3H3. The lowest BCUT2D eigenvalue weighted by Gasteiger charge is -2.22. The third-order valence-corrected chi connectivity index (χ3v) is 3.29. The van der Waals surface area contributed by atoms with Gasteiger partial charge in [-0.2, -0.15) is 0 Å². The smallest absolute Gasteiger partial charge is 0.0890 e. The summed E-state index contributed by atoms with van der Waals surface area (Å²) in [5.74, 6) is 0.701. The van der Waals surface area contributed by atoms with E-state index in [9.17, 15) is 0 Å². The Bertz CT molecular complexity index is 500. The first kappa shape index (κ1) is 12.3. The molecule has 17 heavy (non-hydrogen) atoms. The molecule has 0 N–H and O–H groups in total. The van der Waals surface area contributed by atoms with E-state index < -0.39 is 0 Å². The molecule has 2 unspecified atom stereocenters. The minimum atomic E-state index is 0.0606. The third kappa shape index (κ3) is 2.58. The Balaban J connectivity index is 2.47. The van der Waals surface area contributed by atoms with Gasteiger partial charge in [-0.1, -0.05) is 26.0 Å². The lowest BCUT2D eigenvalue weighted by atomic mass is 9.90. The van der Waals surface area contributed by atoms with E-state index in [2.05, 4.69) is 23.8 Å². The second-order valence-electron chi connectivity index (χ2n) is 4.73. The van der Waals surface area contributed by atoms with Gasteiger partial charge in [0.05, 0.1) is 16.7 Å². The van der Waals surface area contributed by atoms with Crippen molar-refractivity contribution in [2.45, 2.75) is 32.1 Å². The molecule has 2 nitrogen and oxygen atoms in total. The maximum Gasteiger partial charge on any atom is 0.0890 e. The molecule has 1 aromatic carbocycles. The topological polar surface area (TPSA) is 25.8 Å². The summed E-state index contributed by atoms with van der Waals surface area (Å²) >= 11 is 6.26. The quantitative estimate of drug-likeness (QED) is 0.768. The molecular formula is C14H17ClN2. The van der Waals surface area contributed by atoms with E-state index in [1.54, 1.807) is 0 Å². The van der Waals surface area contributed by atoms with Crippen molar-refractivity contribution in [3.8, 4) is 0 Å². The molecule has 0 saturated carbocycles. The Labute approximate surface area is 107 Å². The van der Waals surface area contributed by atoms with Crippen LogP contribution in [0.2, 0.25) is 0 Å². The summed E-state index contributed by atoms with van der Waals surface area (Å²) in [5, 5.41) is 0.0606. The van der Waals surface area contributed by atoms with Gasteiger partial charge in [-0.15, -0.1) is 11.6 Å². The van der Waals surface area contributed by atoms with Crippen LogP contribution in [0.25, 0.3) is 11.0 Å². The molecule has 0 aliphatic rings. The maximum absolute atomic E-state index is 6.26. The Kier molecular flexibility index (Phi) is 3.63. The molecule has 0 aliphatic carbocycles. The first-order chi connectivity index (χ1) is 8.09. The summed E-state index contributed by atoms with van der Waals surface area (Å²) < 4.78 is 0. The van der Waals surface area contributed by atoms with Crippen molar-refractivity contribution < 1.29 is 0 Å². The highest BCUT2D eigenvalue weighted by atomic mass is 35.5. The fourth-order valence-electron chi connectivity index (χ4n) is 2.24. The average molecular weight is 249 g/mol. The monoisotopic (exact) mass is 248 g/mol. The van der Waals surface area contributed by atoms with Gasteiger partial charge in [0.1, 0.15) is 0 Å². The van der Waals surface area contributed by atoms with Crippen LogP contribution >= 0.6 is 11.6 Å². The van der Waals surface area contributed by atoms with Crippen LogP contribution in [0.5, 0.6) is 0 Å². The van der Waals surface area contributed by atoms with Crippen LogP contribution in [-0.4, -0.2) is 15.3 Å². The summed E-state index contributed by atoms with van der Waals surface area (Å²) in [5.41, 5.74) is 2.86. The number of hydrogen-bond donors (Lipinski definition) is 0. The molecule has 2 aromatic rings. The lowest BCUT2D eigenvalue weighted by Crippen LogP contribution is -2.17. The van der Waals surface area contributed by atoms with E-state index in [-0.39, 0.29) is 11.3 Å². The minimum absolute atomic E-state index is 0.0606. The summed E-state index contributed by atoms with van der Waals surface area (Å²) in [6.07, 6.45) is 1.85. The number of fused-ring (bicyclic) bond motifs is 1. The van der Waals surface area contributed by atoms with E-state index in [1.807, 2.05) is 37.4 Å². The highest BCUT2D eigenvalue weighted by molar-refractivity contribution is 6.20. The Morgan fingerprint density at radius 1 is 1.06 bits per heavy atom. The second-order valence-corrected chi connectivity index (χ2v) is 5.42. The summed E-state index contributed by atoms with van der Waals surface area (Å²) in [6, 6.07) is 7.92. The largest absolute Gasteiger partial charge is 0.253 e. The van der Waals surface area contributed by atoms with Gasteiger partial charge < -0.3 is 0 Å². The number of halogens is 1. The highest BCUT2D eigenvalue weighted by Gasteiger charge is 2.23. The number of hydrogen-bond acceptors (Lipinski definition) is 2. The Hall–Kier alpha value is -1.15. The third-order valence-electron chi connectivity index (χ3n) is 3.02. The SMILES string of the molecule is CC(C)C(c1cnc2ccccc2n1)C(C)Cl. The van der Waals surface area contributed by atoms with Gasteiger partial charge >= 0.3 is 0 Å². The van der Waals surface area contributed by atoms with E-state index in [0.29, 0.717) is 5.92 Å². The Morgan fingerprint density at radius 3 is 2.29 bits per heavy atom. The molecule has 2 rings (SSSR count). The molecule has 0 bridgehead atoms. The second kappa shape index (κ2) is 5.01. The van der Waals surface area contributed by atoms with Gasteiger partial charge in [0.15, 0.2) is 0 Å². The van der Waals surface area contributed by atoms with Crippen LogP contribution in [0.15, 0.2) is 30.5 Å². The summed E-state index contributed by atoms with van der Waals surface area (Å²) in [6.45, 7) is 6.35. The first-order valence-corrected chi connectivity index (χ1v) is 6.39. The molecule has 1 aromatic heterocycles. The van der Waals surface area contributed by atoms with Crippen molar-refractivity contribution in [3.05, 3.63) is 36.2 Å². The van der Waals surface area contributed by atoms with Gasteiger partial charge in [0, 0.05) is 17.5 Å². The number of nitrogens with zero attached hydrogens (tertiary/aromatic N) is 2. The normalized spacial score (nSPS) is 15.1. The minimum Gasteiger partial charge on any atom is -0.253 e. The van der Waals surface area contributed by atoms with Crippen molar-refractivity contribution in [1.29, 1.82) is 0 Å². The summed E-state index contributed by atoms with van der Waals surface area (Å²) in [4.78, 5) is 9.12. The van der Waals surface area contributed by atoms with Gasteiger partial charge in [-0.05, 0) is 25.0 Å². The van der Waals surface area contributed by atoms with Gasteiger partial charge in [0.25, 0.3) is 0 Å². The molecule has 2 atom stereocenters. The molecule has 1 heterocycles. The van der Waals surface area contributed by atoms with Crippen molar-refractivity contribution in [3.63, 3.8) is 0 Å². The van der Waals surface area contributed by atoms with Crippen LogP contribution in [-0.2, 0) is 0 Å². The van der Waals surface area contributed by atoms with Crippen LogP contribution in [0, 0.1) is 5.92 Å². The van der Waals surface area contributed by atoms with Crippen LogP contribution in [0.3, 0.4) is 0 Å². The molecule has 90 valence electrons. The van der Waals surface area contributed by atoms with Gasteiger partial charge in [0.2, 0.25) is 0 Å². The number of rotatable bonds is 3. The predicted octanol–water partition coefficient (Wildman–Crippen LogP) is 4.00. The zero-order valence-electron chi connectivity index (χ0n) is 10.4. The summed E-state index contributed by atoms with van der Waals surface area (Å²) in [7, 11) is 0. The highest BCUT2D eigenvalue weighted by Crippen LogP contribution is 2.30. The van der Waals surface area contributed by atoms with Crippen LogP contribution in [0.1, 0.15) is 32.4 Å². The fraction of sp³-hybridized carbons (Fsp3) is 0.429. The predicted molar refractivity (Wildman–Crippen MR) is 72.4 cm³/mol. The zero-order valence-corrected chi connectivity index (χ0v) is 11.1. The molecule has 0 amide bonds. The van der Waals surface area contributed by atoms with E-state index in [1.165, 1.54) is 0 Å². The lowest BCUT2D eigenvalue weighted by molar-refractivity contribution is 0.480.